The molecule has 0 saturated carbocycles. The van der Waals surface area contributed by atoms with E-state index in [2.05, 4.69) is 47.1 Å². The van der Waals surface area contributed by atoms with E-state index in [0.717, 1.165) is 28.2 Å². The number of rotatable bonds is 3. The molecule has 0 aliphatic carbocycles. The Balaban J connectivity index is 1.95. The first-order valence-electron chi connectivity index (χ1n) is 10.7. The van der Waals surface area contributed by atoms with Crippen LogP contribution in [0.2, 0.25) is 19.6 Å². The van der Waals surface area contributed by atoms with Crippen molar-refractivity contribution in [2.75, 3.05) is 6.61 Å². The third kappa shape index (κ3) is 4.27. The van der Waals surface area contributed by atoms with Crippen LogP contribution in [0.25, 0.3) is 5.69 Å². The van der Waals surface area contributed by atoms with Gasteiger partial charge in [-0.05, 0) is 44.2 Å². The van der Waals surface area contributed by atoms with Gasteiger partial charge in [0.2, 0.25) is 0 Å². The van der Waals surface area contributed by atoms with Crippen LogP contribution >= 0.6 is 0 Å². The number of ether oxygens (including phenoxy) is 1. The average molecular weight is 443 g/mol. The molecular weight excluding hydrogens is 416 g/mol. The van der Waals surface area contributed by atoms with Crippen molar-refractivity contribution in [2.24, 2.45) is 4.99 Å². The molecule has 0 spiro atoms. The molecule has 0 bridgehead atoms. The smallest absolute Gasteiger partial charge is 0.358 e. The van der Waals surface area contributed by atoms with Gasteiger partial charge in [-0.2, -0.15) is 0 Å². The Bertz CT molecular complexity index is 1260. The third-order valence-corrected chi connectivity index (χ3v) is 5.87. The van der Waals surface area contributed by atoms with Gasteiger partial charge in [0.05, 0.1) is 35.4 Å². The number of aromatic nitrogens is 3. The third-order valence-electron chi connectivity index (χ3n) is 4.99. The molecule has 1 aliphatic rings. The number of carbonyl (C=O) groups is 1. The summed E-state index contributed by atoms with van der Waals surface area (Å²) in [6.45, 7) is 10.7. The minimum atomic E-state index is -1.52. The van der Waals surface area contributed by atoms with E-state index >= 15 is 0 Å². The number of carbonyl (C=O) groups excluding carboxylic acids is 1. The van der Waals surface area contributed by atoms with Crippen LogP contribution in [-0.4, -0.2) is 40.9 Å². The minimum Gasteiger partial charge on any atom is -0.461 e. The quantitative estimate of drug-likeness (QED) is 0.338. The van der Waals surface area contributed by atoms with Crippen molar-refractivity contribution in [2.45, 2.75) is 39.5 Å². The molecule has 6 nitrogen and oxygen atoms in total. The second kappa shape index (κ2) is 8.56. The summed E-state index contributed by atoms with van der Waals surface area (Å²) in [4.78, 5) is 26.5. The lowest BCUT2D eigenvalue weighted by Gasteiger charge is -2.12. The number of fused-ring (bicyclic) bond motifs is 3. The van der Waals surface area contributed by atoms with Gasteiger partial charge in [-0.1, -0.05) is 31.6 Å². The Morgan fingerprint density at radius 3 is 2.69 bits per heavy atom. The molecule has 1 aromatic carbocycles. The van der Waals surface area contributed by atoms with Crippen molar-refractivity contribution >= 4 is 19.8 Å². The van der Waals surface area contributed by atoms with Crippen molar-refractivity contribution in [1.82, 2.24) is 14.5 Å². The zero-order valence-corrected chi connectivity index (χ0v) is 20.0. The maximum Gasteiger partial charge on any atom is 0.358 e. The Hall–Kier alpha value is -3.50. The summed E-state index contributed by atoms with van der Waals surface area (Å²) in [6, 6.07) is 11.5. The highest BCUT2D eigenvalue weighted by Crippen LogP contribution is 2.32. The highest BCUT2D eigenvalue weighted by molar-refractivity contribution is 6.83. The first-order valence-corrected chi connectivity index (χ1v) is 14.2. The minimum absolute atomic E-state index is 0.289. The molecule has 0 saturated heterocycles. The largest absolute Gasteiger partial charge is 0.461 e. The van der Waals surface area contributed by atoms with Gasteiger partial charge in [0.1, 0.15) is 14.4 Å². The van der Waals surface area contributed by atoms with Gasteiger partial charge in [0, 0.05) is 17.3 Å². The summed E-state index contributed by atoms with van der Waals surface area (Å²) in [5.41, 5.74) is 8.68. The van der Waals surface area contributed by atoms with Gasteiger partial charge in [0.25, 0.3) is 0 Å². The van der Waals surface area contributed by atoms with Gasteiger partial charge in [-0.25, -0.2) is 9.78 Å². The first-order chi connectivity index (χ1) is 15.3. The van der Waals surface area contributed by atoms with Crippen molar-refractivity contribution in [3.8, 4) is 17.2 Å². The molecule has 0 amide bonds. The second-order valence-corrected chi connectivity index (χ2v) is 13.4. The number of nitrogens with zero attached hydrogens (tertiary/aromatic N) is 4. The van der Waals surface area contributed by atoms with Gasteiger partial charge in [0.15, 0.2) is 5.69 Å². The Morgan fingerprint density at radius 1 is 1.19 bits per heavy atom. The lowest BCUT2D eigenvalue weighted by atomic mass is 10.0. The summed E-state index contributed by atoms with van der Waals surface area (Å²) in [6.07, 6.45) is 3.43. The fraction of sp³-hybridized carbons (Fsp3) is 0.280. The molecule has 0 radical (unpaired) electrons. The Morgan fingerprint density at radius 2 is 2.00 bits per heavy atom. The molecule has 1 atom stereocenters. The highest BCUT2D eigenvalue weighted by atomic mass is 28.3. The highest BCUT2D eigenvalue weighted by Gasteiger charge is 2.29. The van der Waals surface area contributed by atoms with Gasteiger partial charge >= 0.3 is 5.97 Å². The van der Waals surface area contributed by atoms with Crippen molar-refractivity contribution in [3.05, 3.63) is 77.1 Å². The van der Waals surface area contributed by atoms with E-state index in [4.69, 9.17) is 9.73 Å². The lowest BCUT2D eigenvalue weighted by molar-refractivity contribution is 0.0518. The van der Waals surface area contributed by atoms with Crippen molar-refractivity contribution < 1.29 is 9.53 Å². The average Bonchev–Trinajstić information content (AvgIpc) is 3.17. The number of benzene rings is 1. The lowest BCUT2D eigenvalue weighted by Crippen LogP contribution is -2.16. The standard InChI is InChI=1S/C25H26N4O2Si/c1-6-31-25(30)23-24-17(2)28-22(20-9-7-8-13-26-20)19-15-18(12-14-32(3,4)5)10-11-21(19)29(24)16-27-23/h7-11,13,15-17H,6H2,1-5H3. The SMILES string of the molecule is CCOC(=O)c1ncn2c1C(C)N=C(c1ccccn1)c1cc(C#C[Si](C)(C)C)ccc1-2. The molecule has 3 aromatic rings. The van der Waals surface area contributed by atoms with Crippen LogP contribution < -0.4 is 0 Å². The van der Waals surface area contributed by atoms with Crippen LogP contribution in [-0.2, 0) is 4.74 Å². The molecule has 2 aromatic heterocycles. The number of hydrogen-bond acceptors (Lipinski definition) is 5. The van der Waals surface area contributed by atoms with Crippen molar-refractivity contribution in [3.63, 3.8) is 0 Å². The molecule has 32 heavy (non-hydrogen) atoms. The van der Waals surface area contributed by atoms with E-state index in [1.54, 1.807) is 19.4 Å². The van der Waals surface area contributed by atoms with E-state index in [-0.39, 0.29) is 12.6 Å². The van der Waals surface area contributed by atoms with Crippen LogP contribution in [0.1, 0.15) is 52.9 Å². The van der Waals surface area contributed by atoms with Crippen LogP contribution in [0.5, 0.6) is 0 Å². The molecule has 0 N–H and O–H groups in total. The maximum atomic E-state index is 12.6. The molecular formula is C25H26N4O2Si. The van der Waals surface area contributed by atoms with Crippen LogP contribution in [0.4, 0.5) is 0 Å². The van der Waals surface area contributed by atoms with Crippen LogP contribution in [0.3, 0.4) is 0 Å². The molecule has 0 fully saturated rings. The molecule has 162 valence electrons. The zero-order valence-electron chi connectivity index (χ0n) is 19.0. The van der Waals surface area contributed by atoms with E-state index in [0.29, 0.717) is 11.4 Å². The number of hydrogen-bond donors (Lipinski definition) is 0. The van der Waals surface area contributed by atoms with Gasteiger partial charge in [-0.3, -0.25) is 14.5 Å². The molecule has 3 heterocycles. The predicted octanol–water partition coefficient (Wildman–Crippen LogP) is 4.58. The summed E-state index contributed by atoms with van der Waals surface area (Å²) in [5, 5.41) is 0. The fourth-order valence-corrected chi connectivity index (χ4v) is 4.13. The number of esters is 1. The summed E-state index contributed by atoms with van der Waals surface area (Å²) >= 11 is 0. The molecule has 4 rings (SSSR count). The normalized spacial score (nSPS) is 14.9. The maximum absolute atomic E-state index is 12.6. The van der Waals surface area contributed by atoms with Crippen LogP contribution in [0.15, 0.2) is 53.9 Å². The Kier molecular flexibility index (Phi) is 5.81. The van der Waals surface area contributed by atoms with E-state index in [1.807, 2.05) is 41.8 Å². The van der Waals surface area contributed by atoms with Crippen molar-refractivity contribution in [1.29, 1.82) is 0 Å². The van der Waals surface area contributed by atoms with E-state index < -0.39 is 14.0 Å². The number of aliphatic imine (C=N–C) groups is 1. The fourth-order valence-electron chi connectivity index (χ4n) is 3.61. The van der Waals surface area contributed by atoms with Crippen LogP contribution in [0, 0.1) is 11.5 Å². The van der Waals surface area contributed by atoms with Gasteiger partial charge < -0.3 is 4.74 Å². The summed E-state index contributed by atoms with van der Waals surface area (Å²) in [5.74, 6) is 2.90. The summed E-state index contributed by atoms with van der Waals surface area (Å²) in [7, 11) is -1.52. The van der Waals surface area contributed by atoms with E-state index in [9.17, 15) is 4.79 Å². The second-order valence-electron chi connectivity index (χ2n) is 8.67. The molecule has 7 heteroatoms. The first kappa shape index (κ1) is 21.7. The van der Waals surface area contributed by atoms with E-state index in [1.165, 1.54) is 0 Å². The molecule has 1 aliphatic heterocycles. The molecule has 1 unspecified atom stereocenters. The van der Waals surface area contributed by atoms with Gasteiger partial charge in [-0.15, -0.1) is 5.54 Å². The number of pyridine rings is 1. The predicted molar refractivity (Wildman–Crippen MR) is 128 cm³/mol. The summed E-state index contributed by atoms with van der Waals surface area (Å²) < 4.78 is 7.17. The Labute approximate surface area is 189 Å². The topological polar surface area (TPSA) is 69.4 Å². The number of imidazole rings is 1. The monoisotopic (exact) mass is 442 g/mol. The zero-order chi connectivity index (χ0) is 22.9.